The number of alkyl halides is 3. The molecular weight excluding hydrogens is 311 g/mol. The molecule has 2 bridgehead atoms. The number of piperidine rings is 1. The van der Waals surface area contributed by atoms with E-state index >= 15 is 0 Å². The molecule has 1 amide bonds. The van der Waals surface area contributed by atoms with Crippen LogP contribution >= 0.6 is 0 Å². The molecule has 0 saturated carbocycles. The van der Waals surface area contributed by atoms with Crippen LogP contribution in [0.3, 0.4) is 0 Å². The number of pyridine rings is 1. The molecule has 23 heavy (non-hydrogen) atoms. The van der Waals surface area contributed by atoms with Gasteiger partial charge in [-0.05, 0) is 37.7 Å². The first-order valence-corrected chi connectivity index (χ1v) is 7.67. The Morgan fingerprint density at radius 2 is 1.91 bits per heavy atom. The van der Waals surface area contributed by atoms with Crippen molar-refractivity contribution in [3.63, 3.8) is 0 Å². The van der Waals surface area contributed by atoms with Gasteiger partial charge in [-0.25, -0.2) is 0 Å². The largest absolute Gasteiger partial charge is 0.417 e. The Kier molecular flexibility index (Phi) is 4.18. The number of carbonyl (C=O) groups excluding carboxylic acids is 1. The molecule has 3 N–H and O–H groups in total. The summed E-state index contributed by atoms with van der Waals surface area (Å²) in [6.07, 6.45) is 0.253. The third kappa shape index (κ3) is 3.74. The molecule has 2 fully saturated rings. The molecule has 3 rings (SSSR count). The summed E-state index contributed by atoms with van der Waals surface area (Å²) in [6, 6.07) is 1.54. The maximum Gasteiger partial charge on any atom is 0.417 e. The number of rotatable bonds is 3. The van der Waals surface area contributed by atoms with E-state index in [1.807, 2.05) is 4.98 Å². The topological polar surface area (TPSA) is 74.0 Å². The van der Waals surface area contributed by atoms with Gasteiger partial charge in [-0.1, -0.05) is 0 Å². The van der Waals surface area contributed by atoms with Crippen LogP contribution in [0.15, 0.2) is 17.1 Å². The number of hydrogen-bond donors (Lipinski definition) is 3. The van der Waals surface area contributed by atoms with Gasteiger partial charge in [0, 0.05) is 24.7 Å². The van der Waals surface area contributed by atoms with Crippen LogP contribution in [-0.4, -0.2) is 23.0 Å². The second kappa shape index (κ2) is 5.99. The van der Waals surface area contributed by atoms with Crippen LogP contribution in [0.1, 0.15) is 37.7 Å². The van der Waals surface area contributed by atoms with Crippen molar-refractivity contribution in [2.45, 2.75) is 50.4 Å². The molecule has 0 spiro atoms. The van der Waals surface area contributed by atoms with Gasteiger partial charge >= 0.3 is 6.18 Å². The molecule has 0 radical (unpaired) electrons. The van der Waals surface area contributed by atoms with E-state index in [9.17, 15) is 22.8 Å². The molecule has 2 unspecified atom stereocenters. The zero-order valence-corrected chi connectivity index (χ0v) is 12.4. The Labute approximate surface area is 130 Å². The van der Waals surface area contributed by atoms with Crippen molar-refractivity contribution in [3.05, 3.63) is 28.2 Å². The summed E-state index contributed by atoms with van der Waals surface area (Å²) in [5.41, 5.74) is -2.09. The third-order valence-corrected chi connectivity index (χ3v) is 4.55. The van der Waals surface area contributed by atoms with Crippen molar-refractivity contribution in [2.24, 2.45) is 5.92 Å². The molecule has 2 aliphatic rings. The molecular formula is C15H18F3N3O2. The predicted molar refractivity (Wildman–Crippen MR) is 78.0 cm³/mol. The number of H-pyrrole nitrogens is 1. The van der Waals surface area contributed by atoms with Crippen molar-refractivity contribution in [3.8, 4) is 0 Å². The highest BCUT2D eigenvalue weighted by atomic mass is 19.4. The molecule has 3 heterocycles. The first-order chi connectivity index (χ1) is 10.8. The summed E-state index contributed by atoms with van der Waals surface area (Å²) in [6.45, 7) is 0. The number of hydrogen-bond acceptors (Lipinski definition) is 3. The van der Waals surface area contributed by atoms with E-state index in [0.717, 1.165) is 25.7 Å². The average Bonchev–Trinajstić information content (AvgIpc) is 2.79. The fourth-order valence-corrected chi connectivity index (χ4v) is 3.55. The van der Waals surface area contributed by atoms with Gasteiger partial charge in [-0.3, -0.25) is 9.59 Å². The Morgan fingerprint density at radius 3 is 2.52 bits per heavy atom. The summed E-state index contributed by atoms with van der Waals surface area (Å²) >= 11 is 0. The SMILES string of the molecule is O=C(CC1CC2CCC(C1)N2)Nc1cc(C(F)(F)F)c[nH]c1=O. The minimum atomic E-state index is -4.57. The summed E-state index contributed by atoms with van der Waals surface area (Å²) in [5.74, 6) is -0.209. The summed E-state index contributed by atoms with van der Waals surface area (Å²) < 4.78 is 38.0. The lowest BCUT2D eigenvalue weighted by Crippen LogP contribution is -2.39. The van der Waals surface area contributed by atoms with E-state index in [-0.39, 0.29) is 18.0 Å². The van der Waals surface area contributed by atoms with E-state index in [4.69, 9.17) is 0 Å². The van der Waals surface area contributed by atoms with E-state index in [0.29, 0.717) is 24.3 Å². The van der Waals surface area contributed by atoms with Crippen molar-refractivity contribution in [1.29, 1.82) is 0 Å². The number of aromatic nitrogens is 1. The van der Waals surface area contributed by atoms with Crippen LogP contribution in [-0.2, 0) is 11.0 Å². The van der Waals surface area contributed by atoms with E-state index in [2.05, 4.69) is 10.6 Å². The summed E-state index contributed by atoms with van der Waals surface area (Å²) in [4.78, 5) is 25.7. The lowest BCUT2D eigenvalue weighted by atomic mass is 9.89. The molecule has 0 aromatic carbocycles. The van der Waals surface area contributed by atoms with Crippen LogP contribution in [0, 0.1) is 5.92 Å². The fraction of sp³-hybridized carbons (Fsp3) is 0.600. The van der Waals surface area contributed by atoms with Crippen molar-refractivity contribution in [1.82, 2.24) is 10.3 Å². The standard InChI is InChI=1S/C15H18F3N3O2/c16-15(17,18)9-6-12(14(23)19-7-9)21-13(22)5-8-3-10-1-2-11(4-8)20-10/h6-8,10-11,20H,1-5H2,(H,19,23)(H,21,22). The first-order valence-electron chi connectivity index (χ1n) is 7.67. The van der Waals surface area contributed by atoms with Crippen LogP contribution in [0.2, 0.25) is 0 Å². The molecule has 126 valence electrons. The maximum absolute atomic E-state index is 12.7. The van der Waals surface area contributed by atoms with Crippen LogP contribution in [0.25, 0.3) is 0 Å². The second-order valence-corrected chi connectivity index (χ2v) is 6.36. The Bertz CT molecular complexity index is 644. The minimum absolute atomic E-state index is 0.207. The van der Waals surface area contributed by atoms with Gasteiger partial charge in [0.25, 0.3) is 5.56 Å². The number of fused-ring (bicyclic) bond motifs is 2. The van der Waals surface area contributed by atoms with Gasteiger partial charge in [0.1, 0.15) is 5.69 Å². The zero-order valence-electron chi connectivity index (χ0n) is 12.4. The lowest BCUT2D eigenvalue weighted by molar-refractivity contribution is -0.137. The van der Waals surface area contributed by atoms with Crippen molar-refractivity contribution >= 4 is 11.6 Å². The highest BCUT2D eigenvalue weighted by Crippen LogP contribution is 2.33. The van der Waals surface area contributed by atoms with Crippen molar-refractivity contribution in [2.75, 3.05) is 5.32 Å². The number of aromatic amines is 1. The molecule has 1 aromatic heterocycles. The van der Waals surface area contributed by atoms with E-state index in [1.54, 1.807) is 0 Å². The van der Waals surface area contributed by atoms with Gasteiger partial charge in [0.2, 0.25) is 5.91 Å². The van der Waals surface area contributed by atoms with Crippen LogP contribution < -0.4 is 16.2 Å². The molecule has 0 aliphatic carbocycles. The molecule has 8 heteroatoms. The molecule has 5 nitrogen and oxygen atoms in total. The molecule has 2 aliphatic heterocycles. The monoisotopic (exact) mass is 329 g/mol. The Balaban J connectivity index is 1.65. The van der Waals surface area contributed by atoms with Crippen LogP contribution in [0.4, 0.5) is 18.9 Å². The molecule has 2 saturated heterocycles. The Morgan fingerprint density at radius 1 is 1.26 bits per heavy atom. The second-order valence-electron chi connectivity index (χ2n) is 6.36. The Hall–Kier alpha value is -1.83. The molecule has 1 aromatic rings. The number of amides is 1. The van der Waals surface area contributed by atoms with Gasteiger partial charge in [0.05, 0.1) is 5.56 Å². The van der Waals surface area contributed by atoms with Gasteiger partial charge in [0.15, 0.2) is 0 Å². The number of halogens is 3. The highest BCUT2D eigenvalue weighted by molar-refractivity contribution is 5.90. The number of nitrogens with one attached hydrogen (secondary N) is 3. The quantitative estimate of drug-likeness (QED) is 0.796. The average molecular weight is 329 g/mol. The van der Waals surface area contributed by atoms with Gasteiger partial charge < -0.3 is 15.6 Å². The predicted octanol–water partition coefficient (Wildman–Crippen LogP) is 2.25. The van der Waals surface area contributed by atoms with E-state index < -0.39 is 23.2 Å². The van der Waals surface area contributed by atoms with Gasteiger partial charge in [-0.2, -0.15) is 13.2 Å². The maximum atomic E-state index is 12.7. The summed E-state index contributed by atoms with van der Waals surface area (Å²) in [5, 5.41) is 5.78. The van der Waals surface area contributed by atoms with Crippen molar-refractivity contribution < 1.29 is 18.0 Å². The third-order valence-electron chi connectivity index (χ3n) is 4.55. The fourth-order valence-electron chi connectivity index (χ4n) is 3.55. The molecule has 2 atom stereocenters. The number of carbonyl (C=O) groups is 1. The summed E-state index contributed by atoms with van der Waals surface area (Å²) in [7, 11) is 0. The first kappa shape index (κ1) is 16.0. The normalized spacial score (nSPS) is 27.0. The smallest absolute Gasteiger partial charge is 0.327 e. The minimum Gasteiger partial charge on any atom is -0.327 e. The zero-order chi connectivity index (χ0) is 16.6. The van der Waals surface area contributed by atoms with Gasteiger partial charge in [-0.15, -0.1) is 0 Å². The van der Waals surface area contributed by atoms with E-state index in [1.165, 1.54) is 0 Å². The lowest BCUT2D eigenvalue weighted by Gasteiger charge is -2.28. The number of anilines is 1. The highest BCUT2D eigenvalue weighted by Gasteiger charge is 2.34. The van der Waals surface area contributed by atoms with Crippen LogP contribution in [0.5, 0.6) is 0 Å².